The molecule has 3 aliphatic rings. The second-order valence-corrected chi connectivity index (χ2v) is 11.4. The largest absolute Gasteiger partial charge is 0.388 e. The van der Waals surface area contributed by atoms with Crippen molar-refractivity contribution in [2.24, 2.45) is 23.2 Å². The van der Waals surface area contributed by atoms with Gasteiger partial charge in [0.05, 0.1) is 6.10 Å². The summed E-state index contributed by atoms with van der Waals surface area (Å²) in [7, 11) is 0. The van der Waals surface area contributed by atoms with E-state index in [0.717, 1.165) is 27.6 Å². The quantitative estimate of drug-likeness (QED) is 0.350. The molecule has 7 nitrogen and oxygen atoms in total. The van der Waals surface area contributed by atoms with Gasteiger partial charge in [-0.1, -0.05) is 48.9 Å². The molecule has 0 radical (unpaired) electrons. The van der Waals surface area contributed by atoms with E-state index in [1.54, 1.807) is 13.0 Å². The number of rotatable bonds is 2. The fourth-order valence-electron chi connectivity index (χ4n) is 6.88. The topological polar surface area (TPSA) is 119 Å². The van der Waals surface area contributed by atoms with Gasteiger partial charge in [0.2, 0.25) is 5.91 Å². The zero-order valence-corrected chi connectivity index (χ0v) is 22.8. The molecule has 39 heavy (non-hydrogen) atoms. The van der Waals surface area contributed by atoms with Crippen LogP contribution in [0.25, 0.3) is 10.9 Å². The summed E-state index contributed by atoms with van der Waals surface area (Å²) in [5.74, 6) is -2.79. The van der Waals surface area contributed by atoms with Crippen LogP contribution in [0.15, 0.2) is 77.6 Å². The summed E-state index contributed by atoms with van der Waals surface area (Å²) in [6.07, 6.45) is 8.29. The molecule has 1 aromatic carbocycles. The molecule has 1 amide bonds. The van der Waals surface area contributed by atoms with Crippen molar-refractivity contribution < 1.29 is 24.6 Å². The molecule has 204 valence electrons. The van der Waals surface area contributed by atoms with E-state index in [9.17, 15) is 24.6 Å². The number of aromatic nitrogens is 1. The highest BCUT2D eigenvalue weighted by molar-refractivity contribution is 6.14. The average Bonchev–Trinajstić information content (AvgIpc) is 3.45. The van der Waals surface area contributed by atoms with Gasteiger partial charge in [-0.15, -0.1) is 0 Å². The Kier molecular flexibility index (Phi) is 7.08. The summed E-state index contributed by atoms with van der Waals surface area (Å²) >= 11 is 0. The molecule has 1 aromatic heterocycles. The number of aliphatic hydroxyl groups excluding tert-OH is 2. The number of benzene rings is 1. The number of carbonyl (C=O) groups is 3. The van der Waals surface area contributed by atoms with E-state index in [-0.39, 0.29) is 5.92 Å². The standard InChI is InChI=1S/C32H36N2O5/c1-17-8-7-10-23-30(38)20(4)19(3)28-25(15-21-16-33-24-11-6-5-9-22(21)24)34-31(39)32(23,28)27(36)13-12-26(35)29(37)18(2)14-17/h5-7,9-14,16-17,23,25-26,28,30,33,35,38H,8,15H2,1-4H3,(H,34,39)/b10-7+,13-12+,18-14+/t17-,23-,25-,26-,28-,30+,32+/m0/s1. The first kappa shape index (κ1) is 27.0. The van der Waals surface area contributed by atoms with Gasteiger partial charge in [-0.25, -0.2) is 0 Å². The Morgan fingerprint density at radius 3 is 2.54 bits per heavy atom. The number of aliphatic hydroxyl groups is 2. The number of hydrogen-bond acceptors (Lipinski definition) is 5. The van der Waals surface area contributed by atoms with Gasteiger partial charge in [0.1, 0.15) is 11.5 Å². The normalized spacial score (nSPS) is 36.7. The molecule has 2 aliphatic carbocycles. The molecule has 2 heterocycles. The first-order chi connectivity index (χ1) is 18.6. The molecular formula is C32H36N2O5. The molecule has 0 saturated carbocycles. The van der Waals surface area contributed by atoms with E-state index in [1.807, 2.05) is 63.4 Å². The number of nitrogens with one attached hydrogen (secondary N) is 2. The van der Waals surface area contributed by atoms with Crippen LogP contribution in [0.1, 0.15) is 39.7 Å². The monoisotopic (exact) mass is 528 g/mol. The smallest absolute Gasteiger partial charge is 0.235 e. The molecule has 0 bridgehead atoms. The molecule has 7 atom stereocenters. The fraction of sp³-hybridized carbons (Fsp3) is 0.406. The van der Waals surface area contributed by atoms with Crippen LogP contribution in [0.5, 0.6) is 0 Å². The van der Waals surface area contributed by atoms with Crippen LogP contribution < -0.4 is 5.32 Å². The fourth-order valence-corrected chi connectivity index (χ4v) is 6.88. The van der Waals surface area contributed by atoms with E-state index in [1.165, 1.54) is 12.2 Å². The molecule has 7 heteroatoms. The van der Waals surface area contributed by atoms with Gasteiger partial charge < -0.3 is 20.5 Å². The molecular weight excluding hydrogens is 492 g/mol. The van der Waals surface area contributed by atoms with Crippen LogP contribution in [-0.4, -0.2) is 50.9 Å². The third-order valence-electron chi connectivity index (χ3n) is 8.98. The summed E-state index contributed by atoms with van der Waals surface area (Å²) in [6, 6.07) is 7.56. The Balaban J connectivity index is 1.65. The second-order valence-electron chi connectivity index (χ2n) is 11.4. The minimum atomic E-state index is -1.62. The number of H-pyrrole nitrogens is 1. The van der Waals surface area contributed by atoms with Crippen molar-refractivity contribution in [2.45, 2.75) is 58.8 Å². The van der Waals surface area contributed by atoms with Gasteiger partial charge in [-0.3, -0.25) is 14.4 Å². The Morgan fingerprint density at radius 2 is 1.77 bits per heavy atom. The van der Waals surface area contributed by atoms with Crippen LogP contribution in [0.4, 0.5) is 0 Å². The van der Waals surface area contributed by atoms with Crippen LogP contribution >= 0.6 is 0 Å². The van der Waals surface area contributed by atoms with Crippen LogP contribution in [0, 0.1) is 23.2 Å². The molecule has 4 N–H and O–H groups in total. The third kappa shape index (κ3) is 4.34. The highest BCUT2D eigenvalue weighted by Gasteiger charge is 2.66. The van der Waals surface area contributed by atoms with E-state index in [2.05, 4.69) is 10.3 Å². The number of ketones is 2. The number of hydrogen-bond donors (Lipinski definition) is 4. The molecule has 5 rings (SSSR count). The summed E-state index contributed by atoms with van der Waals surface area (Å²) in [5, 5.41) is 26.2. The summed E-state index contributed by atoms with van der Waals surface area (Å²) in [5.41, 5.74) is 2.39. The molecule has 1 aliphatic heterocycles. The Hall–Kier alpha value is -3.55. The molecule has 0 unspecified atom stereocenters. The number of para-hydroxylation sites is 1. The number of Topliss-reactive ketones (excluding diaryl/α,β-unsaturated/α-hetero) is 1. The van der Waals surface area contributed by atoms with Gasteiger partial charge in [-0.2, -0.15) is 0 Å². The minimum Gasteiger partial charge on any atom is -0.388 e. The summed E-state index contributed by atoms with van der Waals surface area (Å²) in [4.78, 5) is 44.2. The van der Waals surface area contributed by atoms with Crippen molar-refractivity contribution in [2.75, 3.05) is 0 Å². The predicted molar refractivity (Wildman–Crippen MR) is 150 cm³/mol. The van der Waals surface area contributed by atoms with Crippen molar-refractivity contribution >= 4 is 28.4 Å². The maximum absolute atomic E-state index is 14.2. The van der Waals surface area contributed by atoms with Crippen molar-refractivity contribution in [1.82, 2.24) is 10.3 Å². The lowest BCUT2D eigenvalue weighted by molar-refractivity contribution is -0.144. The van der Waals surface area contributed by atoms with Gasteiger partial charge in [0.15, 0.2) is 11.6 Å². The summed E-state index contributed by atoms with van der Waals surface area (Å²) in [6.45, 7) is 7.36. The summed E-state index contributed by atoms with van der Waals surface area (Å²) < 4.78 is 0. The van der Waals surface area contributed by atoms with E-state index >= 15 is 0 Å². The van der Waals surface area contributed by atoms with Gasteiger partial charge in [-0.05, 0) is 74.5 Å². The van der Waals surface area contributed by atoms with Crippen LogP contribution in [0.2, 0.25) is 0 Å². The highest BCUT2D eigenvalue weighted by atomic mass is 16.3. The molecule has 2 aromatic rings. The minimum absolute atomic E-state index is 0.0179. The van der Waals surface area contributed by atoms with Crippen LogP contribution in [-0.2, 0) is 20.8 Å². The van der Waals surface area contributed by atoms with Crippen LogP contribution in [0.3, 0.4) is 0 Å². The number of allylic oxidation sites excluding steroid dienone is 3. The predicted octanol–water partition coefficient (Wildman–Crippen LogP) is 3.74. The Bertz CT molecular complexity index is 1460. The van der Waals surface area contributed by atoms with Crippen molar-refractivity contribution in [3.8, 4) is 0 Å². The van der Waals surface area contributed by atoms with Gasteiger partial charge in [0, 0.05) is 35.0 Å². The Labute approximate surface area is 228 Å². The number of amides is 1. The average molecular weight is 529 g/mol. The maximum atomic E-state index is 14.2. The van der Waals surface area contributed by atoms with E-state index in [0.29, 0.717) is 18.4 Å². The lowest BCUT2D eigenvalue weighted by atomic mass is 9.55. The second kappa shape index (κ2) is 10.2. The zero-order chi connectivity index (χ0) is 28.1. The van der Waals surface area contributed by atoms with E-state index in [4.69, 9.17) is 0 Å². The highest BCUT2D eigenvalue weighted by Crippen LogP contribution is 2.55. The van der Waals surface area contributed by atoms with Gasteiger partial charge >= 0.3 is 0 Å². The first-order valence-electron chi connectivity index (χ1n) is 13.6. The van der Waals surface area contributed by atoms with Gasteiger partial charge in [0.25, 0.3) is 0 Å². The van der Waals surface area contributed by atoms with Crippen molar-refractivity contribution in [3.05, 3.63) is 83.1 Å². The number of carbonyl (C=O) groups excluding carboxylic acids is 3. The maximum Gasteiger partial charge on any atom is 0.235 e. The van der Waals surface area contributed by atoms with Crippen molar-refractivity contribution in [3.63, 3.8) is 0 Å². The zero-order valence-electron chi connectivity index (χ0n) is 22.8. The Morgan fingerprint density at radius 1 is 1.03 bits per heavy atom. The lowest BCUT2D eigenvalue weighted by Gasteiger charge is -2.45. The van der Waals surface area contributed by atoms with Crippen molar-refractivity contribution in [1.29, 1.82) is 0 Å². The molecule has 1 fully saturated rings. The lowest BCUT2D eigenvalue weighted by Crippen LogP contribution is -2.55. The molecule has 1 saturated heterocycles. The SMILES string of the molecule is CC1=C(C)[C@H]2[C@H](Cc3c[nH]c4ccccc34)NC(=O)[C@]23C(=O)/C=C/[C@H](O)C(=O)/C(C)=C/[C@@H](C)C/C=C/[C@H]3[C@@H]1O. The molecule has 1 spiro atoms. The third-order valence-corrected chi connectivity index (χ3v) is 8.98. The number of aromatic amines is 1. The number of fused-ring (bicyclic) bond motifs is 1. The first-order valence-corrected chi connectivity index (χ1v) is 13.6. The van der Waals surface area contributed by atoms with E-state index < -0.39 is 53.0 Å².